The largest absolute Gasteiger partial charge is 0.325 e. The van der Waals surface area contributed by atoms with Gasteiger partial charge >= 0.3 is 0 Å². The molecule has 1 aromatic carbocycles. The summed E-state index contributed by atoms with van der Waals surface area (Å²) in [6.07, 6.45) is 8.19. The first-order valence-electron chi connectivity index (χ1n) is 8.62. The van der Waals surface area contributed by atoms with E-state index in [1.807, 2.05) is 10.7 Å². The van der Waals surface area contributed by atoms with Crippen LogP contribution in [0.2, 0.25) is 0 Å². The Bertz CT molecular complexity index is 738. The molecule has 0 unspecified atom stereocenters. The number of hydrogen-bond acceptors (Lipinski definition) is 5. The van der Waals surface area contributed by atoms with E-state index in [1.54, 1.807) is 0 Å². The van der Waals surface area contributed by atoms with Crippen LogP contribution >= 0.6 is 11.8 Å². The van der Waals surface area contributed by atoms with Gasteiger partial charge in [0.1, 0.15) is 0 Å². The van der Waals surface area contributed by atoms with Gasteiger partial charge in [0.2, 0.25) is 11.1 Å². The van der Waals surface area contributed by atoms with Crippen molar-refractivity contribution in [3.8, 4) is 0 Å². The number of carbonyl (C=O) groups is 1. The van der Waals surface area contributed by atoms with Crippen molar-refractivity contribution in [3.63, 3.8) is 0 Å². The molecule has 1 amide bonds. The molecular weight excluding hydrogens is 322 g/mol. The van der Waals surface area contributed by atoms with E-state index in [4.69, 9.17) is 0 Å². The smallest absolute Gasteiger partial charge is 0.234 e. The number of anilines is 1. The van der Waals surface area contributed by atoms with Crippen LogP contribution in [0.5, 0.6) is 0 Å². The summed E-state index contributed by atoms with van der Waals surface area (Å²) in [6.45, 7) is 0. The fraction of sp³-hybridized carbons (Fsp3) is 0.529. The Morgan fingerprint density at radius 1 is 1.21 bits per heavy atom. The molecule has 1 fully saturated rings. The predicted octanol–water partition coefficient (Wildman–Crippen LogP) is 3.01. The first kappa shape index (κ1) is 15.6. The zero-order chi connectivity index (χ0) is 16.4. The number of nitrogens with one attached hydrogen (secondary N) is 1. The van der Waals surface area contributed by atoms with Gasteiger partial charge in [0.25, 0.3) is 0 Å². The molecule has 4 rings (SSSR count). The lowest BCUT2D eigenvalue weighted by atomic mass is 10.1. The van der Waals surface area contributed by atoms with Crippen molar-refractivity contribution in [2.45, 2.75) is 56.1 Å². The summed E-state index contributed by atoms with van der Waals surface area (Å²) in [4.78, 5) is 12.2. The number of aryl methyl sites for hydroxylation is 2. The van der Waals surface area contributed by atoms with Gasteiger partial charge in [0.15, 0.2) is 0 Å². The normalized spacial score (nSPS) is 17.2. The highest BCUT2D eigenvalue weighted by molar-refractivity contribution is 7.99. The molecule has 2 aromatic rings. The summed E-state index contributed by atoms with van der Waals surface area (Å²) in [6, 6.07) is 6.62. The molecule has 0 saturated heterocycles. The lowest BCUT2D eigenvalue weighted by Crippen LogP contribution is -2.15. The Morgan fingerprint density at radius 3 is 2.92 bits per heavy atom. The summed E-state index contributed by atoms with van der Waals surface area (Å²) in [5, 5.41) is 15.7. The fourth-order valence-electron chi connectivity index (χ4n) is 3.64. The molecule has 0 aliphatic heterocycles. The van der Waals surface area contributed by atoms with Gasteiger partial charge in [-0.2, -0.15) is 0 Å². The van der Waals surface area contributed by atoms with Crippen molar-refractivity contribution in [2.75, 3.05) is 11.1 Å². The van der Waals surface area contributed by atoms with Crippen LogP contribution in [0.25, 0.3) is 0 Å². The van der Waals surface area contributed by atoms with Crippen LogP contribution < -0.4 is 5.32 Å². The van der Waals surface area contributed by atoms with Crippen molar-refractivity contribution in [1.29, 1.82) is 0 Å². The molecule has 0 radical (unpaired) electrons. The van der Waals surface area contributed by atoms with Gasteiger partial charge in [-0.25, -0.2) is 4.68 Å². The molecule has 2 aliphatic rings. The molecule has 6 nitrogen and oxygen atoms in total. The van der Waals surface area contributed by atoms with Crippen molar-refractivity contribution in [3.05, 3.63) is 29.3 Å². The number of tetrazole rings is 1. The highest BCUT2D eigenvalue weighted by Gasteiger charge is 2.22. The van der Waals surface area contributed by atoms with E-state index < -0.39 is 0 Å². The van der Waals surface area contributed by atoms with Crippen molar-refractivity contribution < 1.29 is 4.79 Å². The maximum atomic E-state index is 12.2. The maximum absolute atomic E-state index is 12.2. The summed E-state index contributed by atoms with van der Waals surface area (Å²) >= 11 is 1.41. The Labute approximate surface area is 145 Å². The maximum Gasteiger partial charge on any atom is 0.234 e. The minimum atomic E-state index is -0.0149. The first-order valence-corrected chi connectivity index (χ1v) is 9.60. The quantitative estimate of drug-likeness (QED) is 0.845. The van der Waals surface area contributed by atoms with E-state index in [1.165, 1.54) is 42.2 Å². The van der Waals surface area contributed by atoms with Crippen LogP contribution in [0.1, 0.15) is 49.3 Å². The van der Waals surface area contributed by atoms with Gasteiger partial charge in [0.05, 0.1) is 11.8 Å². The zero-order valence-electron chi connectivity index (χ0n) is 13.6. The van der Waals surface area contributed by atoms with Gasteiger partial charge < -0.3 is 5.32 Å². The van der Waals surface area contributed by atoms with Crippen LogP contribution in [0, 0.1) is 0 Å². The molecule has 1 heterocycles. The number of benzene rings is 1. The first-order chi connectivity index (χ1) is 11.8. The van der Waals surface area contributed by atoms with Gasteiger partial charge in [-0.3, -0.25) is 4.79 Å². The molecule has 126 valence electrons. The highest BCUT2D eigenvalue weighted by Crippen LogP contribution is 2.31. The molecule has 0 bridgehead atoms. The number of amides is 1. The predicted molar refractivity (Wildman–Crippen MR) is 93.1 cm³/mol. The van der Waals surface area contributed by atoms with Crippen molar-refractivity contribution in [2.24, 2.45) is 0 Å². The number of thioether (sulfide) groups is 1. The second-order valence-electron chi connectivity index (χ2n) is 6.52. The van der Waals surface area contributed by atoms with Crippen LogP contribution in [0.3, 0.4) is 0 Å². The van der Waals surface area contributed by atoms with E-state index in [9.17, 15) is 4.79 Å². The van der Waals surface area contributed by atoms with Gasteiger partial charge in [-0.1, -0.05) is 30.7 Å². The lowest BCUT2D eigenvalue weighted by Gasteiger charge is -2.11. The average molecular weight is 343 g/mol. The molecule has 0 spiro atoms. The van der Waals surface area contributed by atoms with Crippen LogP contribution in [0.15, 0.2) is 23.4 Å². The lowest BCUT2D eigenvalue weighted by molar-refractivity contribution is -0.113. The Balaban J connectivity index is 1.34. The Hall–Kier alpha value is -1.89. The van der Waals surface area contributed by atoms with Gasteiger partial charge in [-0.05, 0) is 65.8 Å². The van der Waals surface area contributed by atoms with Crippen LogP contribution in [-0.4, -0.2) is 31.9 Å². The molecule has 2 aliphatic carbocycles. The second-order valence-corrected chi connectivity index (χ2v) is 7.46. The van der Waals surface area contributed by atoms with E-state index in [2.05, 4.69) is 33.0 Å². The molecule has 1 N–H and O–H groups in total. The molecule has 7 heteroatoms. The second kappa shape index (κ2) is 6.93. The Morgan fingerprint density at radius 2 is 2.04 bits per heavy atom. The minimum Gasteiger partial charge on any atom is -0.325 e. The standard InChI is InChI=1S/C17H21N5OS/c23-16(18-14-9-8-12-4-3-5-13(12)10-14)11-24-17-19-20-21-22(17)15-6-1-2-7-15/h8-10,15H,1-7,11H2,(H,18,23). The number of rotatable bonds is 5. The zero-order valence-corrected chi connectivity index (χ0v) is 14.4. The average Bonchev–Trinajstić information content (AvgIpc) is 3.32. The van der Waals surface area contributed by atoms with Crippen LogP contribution in [-0.2, 0) is 17.6 Å². The van der Waals surface area contributed by atoms with E-state index in [0.29, 0.717) is 11.8 Å². The topological polar surface area (TPSA) is 72.7 Å². The SMILES string of the molecule is O=C(CSc1nnnn1C1CCCC1)Nc1ccc2c(c1)CCC2. The number of nitrogens with zero attached hydrogens (tertiary/aromatic N) is 4. The molecule has 24 heavy (non-hydrogen) atoms. The monoisotopic (exact) mass is 343 g/mol. The fourth-order valence-corrected chi connectivity index (χ4v) is 4.38. The number of hydrogen-bond donors (Lipinski definition) is 1. The molecular formula is C17H21N5OS. The Kier molecular flexibility index (Phi) is 4.51. The van der Waals surface area contributed by atoms with Gasteiger partial charge in [-0.15, -0.1) is 5.10 Å². The summed E-state index contributed by atoms with van der Waals surface area (Å²) in [5.41, 5.74) is 3.67. The van der Waals surface area contributed by atoms with Crippen LogP contribution in [0.4, 0.5) is 5.69 Å². The number of fused-ring (bicyclic) bond motifs is 1. The molecule has 1 aromatic heterocycles. The van der Waals surface area contributed by atoms with Crippen molar-refractivity contribution in [1.82, 2.24) is 20.2 Å². The summed E-state index contributed by atoms with van der Waals surface area (Å²) < 4.78 is 1.89. The third-order valence-electron chi connectivity index (χ3n) is 4.85. The summed E-state index contributed by atoms with van der Waals surface area (Å²) in [5.74, 6) is 0.309. The number of carbonyl (C=O) groups excluding carboxylic acids is 1. The molecule has 0 atom stereocenters. The van der Waals surface area contributed by atoms with Crippen molar-refractivity contribution >= 4 is 23.4 Å². The third kappa shape index (κ3) is 3.31. The third-order valence-corrected chi connectivity index (χ3v) is 5.78. The van der Waals surface area contributed by atoms with Gasteiger partial charge in [0, 0.05) is 5.69 Å². The minimum absolute atomic E-state index is 0.0149. The van der Waals surface area contributed by atoms with E-state index >= 15 is 0 Å². The number of aromatic nitrogens is 4. The van der Waals surface area contributed by atoms with E-state index in [0.717, 1.165) is 36.5 Å². The molecule has 1 saturated carbocycles. The summed E-state index contributed by atoms with van der Waals surface area (Å²) in [7, 11) is 0. The van der Waals surface area contributed by atoms with E-state index in [-0.39, 0.29) is 5.91 Å². The highest BCUT2D eigenvalue weighted by atomic mass is 32.2.